The van der Waals surface area contributed by atoms with Crippen LogP contribution in [0.3, 0.4) is 0 Å². The third-order valence-electron chi connectivity index (χ3n) is 3.25. The Kier molecular flexibility index (Phi) is 3.71. The molecule has 0 saturated heterocycles. The average Bonchev–Trinajstić information content (AvgIpc) is 2.54. The molecule has 0 aliphatic heterocycles. The van der Waals surface area contributed by atoms with Crippen molar-refractivity contribution >= 4 is 32.6 Å². The van der Waals surface area contributed by atoms with E-state index in [1.165, 1.54) is 30.5 Å². The van der Waals surface area contributed by atoms with Crippen molar-refractivity contribution in [2.75, 3.05) is 4.72 Å². The van der Waals surface area contributed by atoms with E-state index in [9.17, 15) is 13.2 Å². The summed E-state index contributed by atoms with van der Waals surface area (Å²) in [6, 6.07) is 14.0. The van der Waals surface area contributed by atoms with E-state index < -0.39 is 16.0 Å². The number of aromatic carboxylic acids is 1. The SMILES string of the molecule is O=C(O)c1ccc(S(=O)(=O)Nc2cnc3ccccc3c2)cc1. The van der Waals surface area contributed by atoms with E-state index in [0.717, 1.165) is 10.9 Å². The highest BCUT2D eigenvalue weighted by molar-refractivity contribution is 7.92. The van der Waals surface area contributed by atoms with Gasteiger partial charge in [0.05, 0.1) is 27.9 Å². The highest BCUT2D eigenvalue weighted by atomic mass is 32.2. The number of para-hydroxylation sites is 1. The maximum absolute atomic E-state index is 12.3. The van der Waals surface area contributed by atoms with Crippen LogP contribution in [0.25, 0.3) is 10.9 Å². The van der Waals surface area contributed by atoms with Gasteiger partial charge in [-0.05, 0) is 36.4 Å². The summed E-state index contributed by atoms with van der Waals surface area (Å²) in [5.41, 5.74) is 1.13. The van der Waals surface area contributed by atoms with Crippen LogP contribution in [0.2, 0.25) is 0 Å². The number of carbonyl (C=O) groups is 1. The van der Waals surface area contributed by atoms with Crippen LogP contribution in [0.1, 0.15) is 10.4 Å². The number of nitrogens with one attached hydrogen (secondary N) is 1. The fourth-order valence-electron chi connectivity index (χ4n) is 2.12. The number of rotatable bonds is 4. The maximum Gasteiger partial charge on any atom is 0.335 e. The molecule has 0 aliphatic carbocycles. The van der Waals surface area contributed by atoms with E-state index in [0.29, 0.717) is 5.69 Å². The molecule has 7 heteroatoms. The number of benzene rings is 2. The lowest BCUT2D eigenvalue weighted by Gasteiger charge is -2.09. The van der Waals surface area contributed by atoms with Gasteiger partial charge in [-0.3, -0.25) is 9.71 Å². The lowest BCUT2D eigenvalue weighted by atomic mass is 10.2. The Morgan fingerprint density at radius 3 is 2.43 bits per heavy atom. The van der Waals surface area contributed by atoms with E-state index in [-0.39, 0.29) is 10.5 Å². The van der Waals surface area contributed by atoms with Gasteiger partial charge in [-0.2, -0.15) is 0 Å². The third-order valence-corrected chi connectivity index (χ3v) is 4.65. The van der Waals surface area contributed by atoms with Gasteiger partial charge in [-0.25, -0.2) is 13.2 Å². The number of sulfonamides is 1. The van der Waals surface area contributed by atoms with Crippen molar-refractivity contribution in [2.45, 2.75) is 4.90 Å². The molecule has 0 spiro atoms. The first-order valence-corrected chi connectivity index (χ1v) is 8.15. The van der Waals surface area contributed by atoms with Crippen LogP contribution in [0.15, 0.2) is 65.7 Å². The van der Waals surface area contributed by atoms with Gasteiger partial charge in [0.2, 0.25) is 0 Å². The van der Waals surface area contributed by atoms with Crippen molar-refractivity contribution in [3.8, 4) is 0 Å². The van der Waals surface area contributed by atoms with Crippen LogP contribution in [0.4, 0.5) is 5.69 Å². The van der Waals surface area contributed by atoms with Crippen LogP contribution >= 0.6 is 0 Å². The number of carboxylic acid groups (broad SMARTS) is 1. The molecule has 6 nitrogen and oxygen atoms in total. The maximum atomic E-state index is 12.3. The van der Waals surface area contributed by atoms with Gasteiger partial charge in [0.1, 0.15) is 0 Å². The molecule has 1 aromatic heterocycles. The minimum atomic E-state index is -3.81. The quantitative estimate of drug-likeness (QED) is 0.767. The number of nitrogens with zero attached hydrogens (tertiary/aromatic N) is 1. The van der Waals surface area contributed by atoms with Gasteiger partial charge in [-0.15, -0.1) is 0 Å². The second-order valence-electron chi connectivity index (χ2n) is 4.85. The van der Waals surface area contributed by atoms with Crippen molar-refractivity contribution in [3.63, 3.8) is 0 Å². The molecule has 0 amide bonds. The molecule has 0 bridgehead atoms. The first kappa shape index (κ1) is 15.0. The molecule has 0 aliphatic rings. The molecule has 3 aromatic rings. The smallest absolute Gasteiger partial charge is 0.335 e. The Morgan fingerprint density at radius 1 is 1.04 bits per heavy atom. The first-order chi connectivity index (χ1) is 11.0. The Balaban J connectivity index is 1.91. The average molecular weight is 328 g/mol. The summed E-state index contributed by atoms with van der Waals surface area (Å²) in [4.78, 5) is 15.0. The van der Waals surface area contributed by atoms with Gasteiger partial charge in [0.25, 0.3) is 10.0 Å². The summed E-state index contributed by atoms with van der Waals surface area (Å²) < 4.78 is 27.1. The summed E-state index contributed by atoms with van der Waals surface area (Å²) in [5.74, 6) is -1.11. The van der Waals surface area contributed by atoms with Crippen molar-refractivity contribution in [1.82, 2.24) is 4.98 Å². The number of aromatic nitrogens is 1. The fraction of sp³-hybridized carbons (Fsp3) is 0. The van der Waals surface area contributed by atoms with Crippen LogP contribution in [-0.4, -0.2) is 24.5 Å². The molecule has 3 rings (SSSR count). The molecule has 2 N–H and O–H groups in total. The molecule has 1 heterocycles. The summed E-state index contributed by atoms with van der Waals surface area (Å²) >= 11 is 0. The Hall–Kier alpha value is -2.93. The number of carboxylic acids is 1. The van der Waals surface area contributed by atoms with Crippen molar-refractivity contribution in [1.29, 1.82) is 0 Å². The molecular formula is C16H12N2O4S. The summed E-state index contributed by atoms with van der Waals surface area (Å²) in [6.45, 7) is 0. The van der Waals surface area contributed by atoms with Gasteiger partial charge in [-0.1, -0.05) is 18.2 Å². The molecule has 116 valence electrons. The normalized spacial score (nSPS) is 11.3. The molecule has 23 heavy (non-hydrogen) atoms. The second kappa shape index (κ2) is 5.69. The number of fused-ring (bicyclic) bond motifs is 1. The van der Waals surface area contributed by atoms with Crippen LogP contribution in [0, 0.1) is 0 Å². The molecule has 0 fully saturated rings. The molecular weight excluding hydrogens is 316 g/mol. The zero-order valence-corrected chi connectivity index (χ0v) is 12.6. The van der Waals surface area contributed by atoms with Crippen molar-refractivity contribution < 1.29 is 18.3 Å². The number of hydrogen-bond donors (Lipinski definition) is 2. The molecule has 0 radical (unpaired) electrons. The van der Waals surface area contributed by atoms with Gasteiger partial charge in [0.15, 0.2) is 0 Å². The predicted molar refractivity (Wildman–Crippen MR) is 86.0 cm³/mol. The molecule has 0 unspecified atom stereocenters. The standard InChI is InChI=1S/C16H12N2O4S/c19-16(20)11-5-7-14(8-6-11)23(21,22)18-13-9-12-3-1-2-4-15(12)17-10-13/h1-10,18H,(H,19,20). The zero-order chi connectivity index (χ0) is 16.4. The molecule has 2 aromatic carbocycles. The lowest BCUT2D eigenvalue weighted by Crippen LogP contribution is -2.13. The predicted octanol–water partition coefficient (Wildman–Crippen LogP) is 2.73. The number of pyridine rings is 1. The van der Waals surface area contributed by atoms with Crippen LogP contribution < -0.4 is 4.72 Å². The monoisotopic (exact) mass is 328 g/mol. The van der Waals surface area contributed by atoms with Crippen molar-refractivity contribution in [3.05, 3.63) is 66.4 Å². The van der Waals surface area contributed by atoms with E-state index in [4.69, 9.17) is 5.11 Å². The third kappa shape index (κ3) is 3.14. The largest absolute Gasteiger partial charge is 0.478 e. The van der Waals surface area contributed by atoms with Gasteiger partial charge in [0, 0.05) is 5.39 Å². The Morgan fingerprint density at radius 2 is 1.74 bits per heavy atom. The lowest BCUT2D eigenvalue weighted by molar-refractivity contribution is 0.0696. The molecule has 0 saturated carbocycles. The number of hydrogen-bond acceptors (Lipinski definition) is 4. The van der Waals surface area contributed by atoms with E-state index >= 15 is 0 Å². The van der Waals surface area contributed by atoms with E-state index in [2.05, 4.69) is 9.71 Å². The fourth-order valence-corrected chi connectivity index (χ4v) is 3.15. The summed E-state index contributed by atoms with van der Waals surface area (Å²) in [7, 11) is -3.81. The minimum Gasteiger partial charge on any atom is -0.478 e. The van der Waals surface area contributed by atoms with E-state index in [1.807, 2.05) is 24.3 Å². The minimum absolute atomic E-state index is 0.0179. The highest BCUT2D eigenvalue weighted by Crippen LogP contribution is 2.20. The number of anilines is 1. The Bertz CT molecular complexity index is 982. The van der Waals surface area contributed by atoms with Crippen LogP contribution in [-0.2, 0) is 10.0 Å². The Labute approximate surface area is 132 Å². The topological polar surface area (TPSA) is 96.4 Å². The summed E-state index contributed by atoms with van der Waals surface area (Å²) in [6.07, 6.45) is 1.44. The summed E-state index contributed by atoms with van der Waals surface area (Å²) in [5, 5.41) is 9.65. The van der Waals surface area contributed by atoms with Crippen molar-refractivity contribution in [2.24, 2.45) is 0 Å². The van der Waals surface area contributed by atoms with Crippen LogP contribution in [0.5, 0.6) is 0 Å². The second-order valence-corrected chi connectivity index (χ2v) is 6.53. The zero-order valence-electron chi connectivity index (χ0n) is 11.8. The van der Waals surface area contributed by atoms with Gasteiger partial charge < -0.3 is 5.11 Å². The molecule has 0 atom stereocenters. The highest BCUT2D eigenvalue weighted by Gasteiger charge is 2.15. The first-order valence-electron chi connectivity index (χ1n) is 6.67. The van der Waals surface area contributed by atoms with Gasteiger partial charge >= 0.3 is 5.97 Å². The van der Waals surface area contributed by atoms with E-state index in [1.54, 1.807) is 6.07 Å².